The van der Waals surface area contributed by atoms with Gasteiger partial charge in [0, 0.05) is 16.1 Å². The van der Waals surface area contributed by atoms with Crippen LogP contribution in [0.1, 0.15) is 28.6 Å². The third-order valence-electron chi connectivity index (χ3n) is 4.32. The second-order valence-corrected chi connectivity index (χ2v) is 9.61. The zero-order valence-electron chi connectivity index (χ0n) is 14.2. The Bertz CT molecular complexity index is 982. The molecule has 1 N–H and O–H groups in total. The number of aryl methyl sites for hydroxylation is 1. The maximum Gasteiger partial charge on any atom is 0.349 e. The third kappa shape index (κ3) is 3.73. The van der Waals surface area contributed by atoms with Crippen LogP contribution in [0.2, 0.25) is 0 Å². The molecule has 2 heterocycles. The highest BCUT2D eigenvalue weighted by molar-refractivity contribution is 7.91. The van der Waals surface area contributed by atoms with Gasteiger partial charge < -0.3 is 10.1 Å². The van der Waals surface area contributed by atoms with Gasteiger partial charge in [-0.2, -0.15) is 0 Å². The number of carbonyl (C=O) groups excluding carboxylic acids is 2. The van der Waals surface area contributed by atoms with Crippen LogP contribution < -0.4 is 5.32 Å². The van der Waals surface area contributed by atoms with E-state index in [9.17, 15) is 22.4 Å². The van der Waals surface area contributed by atoms with Gasteiger partial charge in [-0.1, -0.05) is 6.07 Å². The lowest BCUT2D eigenvalue weighted by Crippen LogP contribution is -2.42. The lowest BCUT2D eigenvalue weighted by atomic mass is 10.1. The molecule has 9 heteroatoms. The highest BCUT2D eigenvalue weighted by atomic mass is 32.2. The average molecular weight is 399 g/mol. The summed E-state index contributed by atoms with van der Waals surface area (Å²) in [6, 6.07) is 4.13. The van der Waals surface area contributed by atoms with Crippen LogP contribution in [0.4, 0.5) is 4.39 Å². The van der Waals surface area contributed by atoms with Gasteiger partial charge in [-0.05, 0) is 38.0 Å². The molecule has 0 saturated carbocycles. The summed E-state index contributed by atoms with van der Waals surface area (Å²) < 4.78 is 42.7. The lowest BCUT2D eigenvalue weighted by Gasteiger charge is -2.16. The number of esters is 1. The summed E-state index contributed by atoms with van der Waals surface area (Å²) in [5.41, 5.74) is 0.475. The number of halogens is 1. The Morgan fingerprint density at radius 2 is 2.12 bits per heavy atom. The number of amides is 1. The van der Waals surface area contributed by atoms with Gasteiger partial charge in [-0.3, -0.25) is 4.79 Å². The van der Waals surface area contributed by atoms with E-state index in [4.69, 9.17) is 4.74 Å². The quantitative estimate of drug-likeness (QED) is 0.796. The molecule has 0 spiro atoms. The van der Waals surface area contributed by atoms with Gasteiger partial charge in [0.05, 0.1) is 11.5 Å². The van der Waals surface area contributed by atoms with E-state index in [0.29, 0.717) is 22.1 Å². The maximum absolute atomic E-state index is 13.9. The zero-order valence-corrected chi connectivity index (χ0v) is 15.9. The molecule has 3 rings (SSSR count). The number of thiophene rings is 1. The minimum absolute atomic E-state index is 0.0403. The fourth-order valence-electron chi connectivity index (χ4n) is 2.94. The number of nitrogens with one attached hydrogen (secondary N) is 1. The van der Waals surface area contributed by atoms with Gasteiger partial charge in [-0.15, -0.1) is 11.3 Å². The predicted molar refractivity (Wildman–Crippen MR) is 96.6 cm³/mol. The highest BCUT2D eigenvalue weighted by Gasteiger charge is 2.31. The van der Waals surface area contributed by atoms with Gasteiger partial charge in [0.1, 0.15) is 10.7 Å². The zero-order chi connectivity index (χ0) is 19.1. The van der Waals surface area contributed by atoms with Crippen molar-refractivity contribution in [2.45, 2.75) is 32.4 Å². The van der Waals surface area contributed by atoms with Crippen molar-refractivity contribution in [2.24, 2.45) is 0 Å². The van der Waals surface area contributed by atoms with Gasteiger partial charge in [-0.25, -0.2) is 17.6 Å². The molecule has 1 fully saturated rings. The van der Waals surface area contributed by atoms with Gasteiger partial charge in [0.25, 0.3) is 5.91 Å². The molecule has 1 aliphatic rings. The molecule has 1 saturated heterocycles. The fourth-order valence-corrected chi connectivity index (χ4v) is 5.72. The summed E-state index contributed by atoms with van der Waals surface area (Å²) in [6.45, 7) is 3.05. The highest BCUT2D eigenvalue weighted by Crippen LogP contribution is 2.33. The summed E-state index contributed by atoms with van der Waals surface area (Å²) in [5.74, 6) is -1.73. The van der Waals surface area contributed by atoms with Crippen LogP contribution in [0.3, 0.4) is 0 Å². The first kappa shape index (κ1) is 18.8. The molecule has 1 aromatic carbocycles. The molecular weight excluding hydrogens is 381 g/mol. The number of fused-ring (bicyclic) bond motifs is 1. The van der Waals surface area contributed by atoms with Crippen molar-refractivity contribution in [3.8, 4) is 0 Å². The predicted octanol–water partition coefficient (Wildman–Crippen LogP) is 2.20. The lowest BCUT2D eigenvalue weighted by molar-refractivity contribution is -0.129. The van der Waals surface area contributed by atoms with Crippen molar-refractivity contribution in [3.05, 3.63) is 34.5 Å². The van der Waals surface area contributed by atoms with Crippen molar-refractivity contribution < 1.29 is 27.1 Å². The summed E-state index contributed by atoms with van der Waals surface area (Å²) in [4.78, 5) is 24.8. The maximum atomic E-state index is 13.9. The normalized spacial score (nSPS) is 20.0. The van der Waals surface area contributed by atoms with E-state index in [1.54, 1.807) is 19.1 Å². The molecule has 6 nitrogen and oxygen atoms in total. The van der Waals surface area contributed by atoms with Crippen LogP contribution in [0.15, 0.2) is 18.2 Å². The molecular formula is C17H18FNO5S2. The van der Waals surface area contributed by atoms with Crippen LogP contribution in [0.25, 0.3) is 10.1 Å². The average Bonchev–Trinajstić information content (AvgIpc) is 3.07. The van der Waals surface area contributed by atoms with Gasteiger partial charge >= 0.3 is 5.97 Å². The number of benzene rings is 1. The standard InChI is InChI=1S/C17H18FNO5S2/c1-9-14-12(18)4-3-5-13(14)25-15(9)17(21)24-10(2)16(20)19-11-6-7-26(22,23)8-11/h3-5,10-11H,6-8H2,1-2H3,(H,19,20)/t10-,11-/m0/s1. The summed E-state index contributed by atoms with van der Waals surface area (Å²) in [7, 11) is -3.11. The first-order valence-corrected chi connectivity index (χ1v) is 10.7. The Balaban J connectivity index is 1.69. The molecule has 2 atom stereocenters. The molecule has 1 aliphatic heterocycles. The van der Waals surface area contributed by atoms with Crippen LogP contribution in [0, 0.1) is 12.7 Å². The first-order valence-electron chi connectivity index (χ1n) is 8.07. The van der Waals surface area contributed by atoms with E-state index < -0.39 is 39.7 Å². The summed E-state index contributed by atoms with van der Waals surface area (Å²) in [6.07, 6.45) is -0.732. The van der Waals surface area contributed by atoms with Crippen molar-refractivity contribution >= 4 is 43.1 Å². The molecule has 140 valence electrons. The summed E-state index contributed by atoms with van der Waals surface area (Å²) in [5, 5.41) is 2.96. The Morgan fingerprint density at radius 3 is 2.73 bits per heavy atom. The topological polar surface area (TPSA) is 89.5 Å². The van der Waals surface area contributed by atoms with E-state index in [0.717, 1.165) is 11.3 Å². The minimum atomic E-state index is -3.11. The van der Waals surface area contributed by atoms with E-state index in [1.165, 1.54) is 13.0 Å². The van der Waals surface area contributed by atoms with Gasteiger partial charge in [0.2, 0.25) is 0 Å². The molecule has 2 aromatic rings. The van der Waals surface area contributed by atoms with E-state index in [1.807, 2.05) is 0 Å². The molecule has 1 amide bonds. The smallest absolute Gasteiger partial charge is 0.349 e. The van der Waals surface area contributed by atoms with Crippen LogP contribution in [-0.2, 0) is 19.4 Å². The molecule has 0 aliphatic carbocycles. The number of ether oxygens (including phenoxy) is 1. The Kier molecular flexibility index (Phi) is 5.03. The fraction of sp³-hybridized carbons (Fsp3) is 0.412. The second-order valence-electron chi connectivity index (χ2n) is 6.33. The molecule has 0 unspecified atom stereocenters. The minimum Gasteiger partial charge on any atom is -0.448 e. The van der Waals surface area contributed by atoms with Crippen molar-refractivity contribution in [1.82, 2.24) is 5.32 Å². The monoisotopic (exact) mass is 399 g/mol. The Labute approximate surface area is 154 Å². The second kappa shape index (κ2) is 6.96. The SMILES string of the molecule is Cc1c(C(=O)O[C@@H](C)C(=O)N[C@H]2CCS(=O)(=O)C2)sc2cccc(F)c12. The molecule has 26 heavy (non-hydrogen) atoms. The Morgan fingerprint density at radius 1 is 1.38 bits per heavy atom. The first-order chi connectivity index (χ1) is 12.2. The summed E-state index contributed by atoms with van der Waals surface area (Å²) >= 11 is 1.11. The molecule has 0 radical (unpaired) electrons. The van der Waals surface area contributed by atoms with Crippen molar-refractivity contribution in [2.75, 3.05) is 11.5 Å². The molecule has 1 aromatic heterocycles. The van der Waals surface area contributed by atoms with Crippen molar-refractivity contribution in [1.29, 1.82) is 0 Å². The number of hydrogen-bond donors (Lipinski definition) is 1. The third-order valence-corrected chi connectivity index (χ3v) is 7.33. The number of rotatable bonds is 4. The van der Waals surface area contributed by atoms with Crippen LogP contribution in [0.5, 0.6) is 0 Å². The van der Waals surface area contributed by atoms with Gasteiger partial charge in [0.15, 0.2) is 15.9 Å². The number of carbonyl (C=O) groups is 2. The van der Waals surface area contributed by atoms with Crippen LogP contribution >= 0.6 is 11.3 Å². The van der Waals surface area contributed by atoms with E-state index >= 15 is 0 Å². The van der Waals surface area contributed by atoms with Crippen LogP contribution in [-0.4, -0.2) is 43.9 Å². The number of sulfone groups is 1. The Hall–Kier alpha value is -2.00. The van der Waals surface area contributed by atoms with E-state index in [2.05, 4.69) is 5.32 Å². The number of hydrogen-bond acceptors (Lipinski definition) is 6. The van der Waals surface area contributed by atoms with Crippen molar-refractivity contribution in [3.63, 3.8) is 0 Å². The molecule has 0 bridgehead atoms. The van der Waals surface area contributed by atoms with E-state index in [-0.39, 0.29) is 16.4 Å². The largest absolute Gasteiger partial charge is 0.448 e.